The SMILES string of the molecule is Cc1[nH]n(-c2ccc(S(=O)(=O)O)cc2)c(=O)c1C=C(C#N)C#N. The average Bonchev–Trinajstić information content (AvgIpc) is 2.79. The largest absolute Gasteiger partial charge is 0.295 e. The zero-order valence-electron chi connectivity index (χ0n) is 11.8. The Hall–Kier alpha value is -3.14. The molecule has 0 saturated carbocycles. The van der Waals surface area contributed by atoms with Crippen LogP contribution in [0.1, 0.15) is 11.3 Å². The van der Waals surface area contributed by atoms with E-state index in [-0.39, 0.29) is 16.0 Å². The first-order chi connectivity index (χ1) is 10.8. The molecular weight excluding hydrogens is 320 g/mol. The second-order valence-electron chi connectivity index (χ2n) is 4.54. The molecule has 0 bridgehead atoms. The number of aryl methyl sites for hydroxylation is 1. The summed E-state index contributed by atoms with van der Waals surface area (Å²) in [4.78, 5) is 12.0. The van der Waals surface area contributed by atoms with Crippen molar-refractivity contribution in [1.82, 2.24) is 9.78 Å². The molecule has 2 N–H and O–H groups in total. The second-order valence-corrected chi connectivity index (χ2v) is 5.96. The highest BCUT2D eigenvalue weighted by Crippen LogP contribution is 2.14. The number of rotatable bonds is 3. The zero-order chi connectivity index (χ0) is 17.2. The first kappa shape index (κ1) is 16.2. The maximum Gasteiger partial charge on any atom is 0.294 e. The van der Waals surface area contributed by atoms with Crippen LogP contribution in [-0.2, 0) is 10.1 Å². The third kappa shape index (κ3) is 3.21. The van der Waals surface area contributed by atoms with Gasteiger partial charge in [-0.25, -0.2) is 4.68 Å². The van der Waals surface area contributed by atoms with E-state index in [1.54, 1.807) is 19.1 Å². The van der Waals surface area contributed by atoms with E-state index in [0.29, 0.717) is 11.4 Å². The average molecular weight is 330 g/mol. The maximum atomic E-state index is 12.3. The highest BCUT2D eigenvalue weighted by atomic mass is 32.2. The Bertz CT molecular complexity index is 1010. The lowest BCUT2D eigenvalue weighted by molar-refractivity contribution is 0.483. The van der Waals surface area contributed by atoms with Crippen LogP contribution in [0, 0.1) is 29.6 Å². The predicted molar refractivity (Wildman–Crippen MR) is 80.1 cm³/mol. The van der Waals surface area contributed by atoms with Gasteiger partial charge in [0.1, 0.15) is 17.7 Å². The van der Waals surface area contributed by atoms with E-state index in [4.69, 9.17) is 15.1 Å². The summed E-state index contributed by atoms with van der Waals surface area (Å²) >= 11 is 0. The molecule has 9 heteroatoms. The fraction of sp³-hybridized carbons (Fsp3) is 0.0714. The number of nitrogens with one attached hydrogen (secondary N) is 1. The molecule has 1 heterocycles. The quantitative estimate of drug-likeness (QED) is 0.639. The summed E-state index contributed by atoms with van der Waals surface area (Å²) < 4.78 is 32.1. The van der Waals surface area contributed by atoms with Crippen LogP contribution in [-0.4, -0.2) is 22.8 Å². The van der Waals surface area contributed by atoms with Gasteiger partial charge in [-0.2, -0.15) is 18.9 Å². The third-order valence-electron chi connectivity index (χ3n) is 3.04. The van der Waals surface area contributed by atoms with Crippen molar-refractivity contribution in [3.63, 3.8) is 0 Å². The van der Waals surface area contributed by atoms with Crippen LogP contribution < -0.4 is 5.56 Å². The van der Waals surface area contributed by atoms with Gasteiger partial charge in [0.2, 0.25) is 0 Å². The molecule has 0 radical (unpaired) electrons. The number of H-pyrrole nitrogens is 1. The van der Waals surface area contributed by atoms with Gasteiger partial charge in [0.05, 0.1) is 16.1 Å². The van der Waals surface area contributed by atoms with Gasteiger partial charge in [-0.3, -0.25) is 14.4 Å². The monoisotopic (exact) mass is 330 g/mol. The minimum atomic E-state index is -4.32. The normalized spacial score (nSPS) is 10.6. The van der Waals surface area contributed by atoms with E-state index in [0.717, 1.165) is 16.8 Å². The van der Waals surface area contributed by atoms with Crippen LogP contribution >= 0.6 is 0 Å². The highest BCUT2D eigenvalue weighted by molar-refractivity contribution is 7.85. The summed E-state index contributed by atoms with van der Waals surface area (Å²) in [6.45, 7) is 1.60. The van der Waals surface area contributed by atoms with Gasteiger partial charge in [0.25, 0.3) is 15.7 Å². The first-order valence-corrected chi connectivity index (χ1v) is 7.63. The summed E-state index contributed by atoms with van der Waals surface area (Å²) in [7, 11) is -4.32. The zero-order valence-corrected chi connectivity index (χ0v) is 12.6. The topological polar surface area (TPSA) is 140 Å². The summed E-state index contributed by atoms with van der Waals surface area (Å²) in [5, 5.41) is 20.3. The van der Waals surface area contributed by atoms with Gasteiger partial charge in [-0.05, 0) is 37.3 Å². The molecule has 2 aromatic rings. The molecule has 0 atom stereocenters. The van der Waals surface area contributed by atoms with Gasteiger partial charge in [-0.15, -0.1) is 0 Å². The van der Waals surface area contributed by atoms with Crippen molar-refractivity contribution < 1.29 is 13.0 Å². The van der Waals surface area contributed by atoms with Gasteiger partial charge >= 0.3 is 0 Å². The van der Waals surface area contributed by atoms with Crippen molar-refractivity contribution in [2.24, 2.45) is 0 Å². The number of aromatic amines is 1. The molecule has 0 unspecified atom stereocenters. The molecule has 0 saturated heterocycles. The fourth-order valence-electron chi connectivity index (χ4n) is 1.91. The standard InChI is InChI=1S/C14H10N4O4S/c1-9-13(6-10(7-15)8-16)14(19)18(17-9)11-2-4-12(5-3-11)23(20,21)22/h2-6,17H,1H3,(H,20,21,22). The summed E-state index contributed by atoms with van der Waals surface area (Å²) in [6.07, 6.45) is 1.18. The molecule has 23 heavy (non-hydrogen) atoms. The smallest absolute Gasteiger partial charge is 0.294 e. The minimum absolute atomic E-state index is 0.155. The maximum absolute atomic E-state index is 12.3. The Balaban J connectivity index is 2.56. The Morgan fingerprint density at radius 1 is 1.26 bits per heavy atom. The number of hydrogen-bond acceptors (Lipinski definition) is 5. The molecule has 0 aliphatic rings. The summed E-state index contributed by atoms with van der Waals surface area (Å²) in [6, 6.07) is 8.32. The summed E-state index contributed by atoms with van der Waals surface area (Å²) in [5.74, 6) is 0. The number of nitrogens with zero attached hydrogens (tertiary/aromatic N) is 3. The van der Waals surface area contributed by atoms with Crippen molar-refractivity contribution in [2.75, 3.05) is 0 Å². The Morgan fingerprint density at radius 3 is 2.30 bits per heavy atom. The van der Waals surface area contributed by atoms with Crippen LogP contribution in [0.3, 0.4) is 0 Å². The number of nitriles is 2. The highest BCUT2D eigenvalue weighted by Gasteiger charge is 2.13. The van der Waals surface area contributed by atoms with E-state index in [1.165, 1.54) is 18.2 Å². The lowest BCUT2D eigenvalue weighted by atomic mass is 10.2. The van der Waals surface area contributed by atoms with Crippen molar-refractivity contribution in [3.8, 4) is 17.8 Å². The van der Waals surface area contributed by atoms with Crippen LogP contribution in [0.5, 0.6) is 0 Å². The molecule has 0 spiro atoms. The molecular formula is C14H10N4O4S. The van der Waals surface area contributed by atoms with Gasteiger partial charge < -0.3 is 0 Å². The van der Waals surface area contributed by atoms with E-state index < -0.39 is 15.7 Å². The van der Waals surface area contributed by atoms with Crippen LogP contribution in [0.25, 0.3) is 11.8 Å². The molecule has 0 aliphatic heterocycles. The Kier molecular flexibility index (Phi) is 4.18. The number of hydrogen-bond donors (Lipinski definition) is 2. The molecule has 0 aliphatic carbocycles. The third-order valence-corrected chi connectivity index (χ3v) is 3.91. The molecule has 1 aromatic carbocycles. The number of aromatic nitrogens is 2. The van der Waals surface area contributed by atoms with Crippen LogP contribution in [0.2, 0.25) is 0 Å². The molecule has 8 nitrogen and oxygen atoms in total. The lowest BCUT2D eigenvalue weighted by Crippen LogP contribution is -2.16. The minimum Gasteiger partial charge on any atom is -0.295 e. The Labute approximate surface area is 131 Å². The predicted octanol–water partition coefficient (Wildman–Crippen LogP) is 1.15. The lowest BCUT2D eigenvalue weighted by Gasteiger charge is -2.02. The van der Waals surface area contributed by atoms with E-state index in [1.807, 2.05) is 0 Å². The van der Waals surface area contributed by atoms with Crippen LogP contribution in [0.15, 0.2) is 39.5 Å². The van der Waals surface area contributed by atoms with Gasteiger partial charge in [0.15, 0.2) is 0 Å². The van der Waals surface area contributed by atoms with E-state index in [2.05, 4.69) is 5.10 Å². The molecule has 116 valence electrons. The fourth-order valence-corrected chi connectivity index (χ4v) is 2.39. The van der Waals surface area contributed by atoms with Crippen LogP contribution in [0.4, 0.5) is 0 Å². The molecule has 0 fully saturated rings. The second kappa shape index (κ2) is 5.93. The Morgan fingerprint density at radius 2 is 1.83 bits per heavy atom. The van der Waals surface area contributed by atoms with Crippen molar-refractivity contribution in [1.29, 1.82) is 10.5 Å². The van der Waals surface area contributed by atoms with Crippen molar-refractivity contribution >= 4 is 16.2 Å². The van der Waals surface area contributed by atoms with Gasteiger partial charge in [-0.1, -0.05) is 0 Å². The first-order valence-electron chi connectivity index (χ1n) is 6.19. The van der Waals surface area contributed by atoms with Crippen molar-refractivity contribution in [3.05, 3.63) is 51.4 Å². The number of benzene rings is 1. The van der Waals surface area contributed by atoms with Crippen molar-refractivity contribution in [2.45, 2.75) is 11.8 Å². The number of allylic oxidation sites excluding steroid dienone is 1. The van der Waals surface area contributed by atoms with E-state index in [9.17, 15) is 13.2 Å². The molecule has 1 aromatic heterocycles. The summed E-state index contributed by atoms with van der Waals surface area (Å²) in [5.41, 5.74) is 0.225. The van der Waals surface area contributed by atoms with E-state index >= 15 is 0 Å². The van der Waals surface area contributed by atoms with Gasteiger partial charge in [0, 0.05) is 5.69 Å². The molecule has 0 amide bonds. The molecule has 2 rings (SSSR count).